The second-order valence-electron chi connectivity index (χ2n) is 5.67. The molecule has 2 aromatic rings. The predicted molar refractivity (Wildman–Crippen MR) is 80.2 cm³/mol. The van der Waals surface area contributed by atoms with Gasteiger partial charge in [-0.2, -0.15) is 0 Å². The van der Waals surface area contributed by atoms with Gasteiger partial charge in [-0.05, 0) is 43.0 Å². The first-order chi connectivity index (χ1) is 11.1. The highest BCUT2D eigenvalue weighted by Gasteiger charge is 2.47. The summed E-state index contributed by atoms with van der Waals surface area (Å²) in [5.74, 6) is -0.424. The number of furan rings is 1. The molecule has 1 saturated carbocycles. The number of hydrogen-bond donors (Lipinski definition) is 2. The molecular formula is C17H18FNO4. The number of halogens is 1. The van der Waals surface area contributed by atoms with Gasteiger partial charge in [-0.1, -0.05) is 12.1 Å². The molecule has 122 valence electrons. The Balaban J connectivity index is 1.55. The van der Waals surface area contributed by atoms with Crippen molar-refractivity contribution >= 4 is 5.91 Å². The minimum Gasteiger partial charge on any atom is -0.481 e. The first-order valence-corrected chi connectivity index (χ1v) is 7.50. The van der Waals surface area contributed by atoms with Gasteiger partial charge in [0.25, 0.3) is 5.91 Å². The van der Waals surface area contributed by atoms with Gasteiger partial charge >= 0.3 is 0 Å². The molecule has 3 rings (SSSR count). The molecule has 1 amide bonds. The van der Waals surface area contributed by atoms with E-state index in [1.165, 1.54) is 18.4 Å². The molecule has 1 atom stereocenters. The minimum absolute atomic E-state index is 0.0196. The molecule has 1 heterocycles. The Labute approximate surface area is 133 Å². The average molecular weight is 319 g/mol. The van der Waals surface area contributed by atoms with Crippen LogP contribution >= 0.6 is 0 Å². The molecule has 5 nitrogen and oxygen atoms in total. The third-order valence-corrected chi connectivity index (χ3v) is 3.95. The van der Waals surface area contributed by atoms with Crippen LogP contribution in [0.1, 0.15) is 18.6 Å². The number of carbonyl (C=O) groups excluding carboxylic acids is 1. The number of nitrogens with one attached hydrogen (secondary N) is 1. The van der Waals surface area contributed by atoms with Gasteiger partial charge in [-0.15, -0.1) is 0 Å². The Morgan fingerprint density at radius 1 is 1.35 bits per heavy atom. The van der Waals surface area contributed by atoms with Gasteiger partial charge in [0.1, 0.15) is 11.4 Å². The first-order valence-electron chi connectivity index (χ1n) is 7.50. The third kappa shape index (κ3) is 3.53. The molecule has 2 N–H and O–H groups in total. The highest BCUT2D eigenvalue weighted by molar-refractivity contribution is 5.77. The summed E-state index contributed by atoms with van der Waals surface area (Å²) in [7, 11) is 0. The summed E-state index contributed by atoms with van der Waals surface area (Å²) in [5, 5.41) is 13.4. The second-order valence-corrected chi connectivity index (χ2v) is 5.67. The van der Waals surface area contributed by atoms with Crippen LogP contribution in [0.25, 0.3) is 0 Å². The number of amides is 1. The molecule has 0 unspecified atom stereocenters. The van der Waals surface area contributed by atoms with Gasteiger partial charge < -0.3 is 19.6 Å². The molecule has 6 heteroatoms. The van der Waals surface area contributed by atoms with Crippen LogP contribution in [0, 0.1) is 11.7 Å². The zero-order valence-corrected chi connectivity index (χ0v) is 12.5. The highest BCUT2D eigenvalue weighted by Crippen LogP contribution is 2.45. The Morgan fingerprint density at radius 2 is 2.13 bits per heavy atom. The Morgan fingerprint density at radius 3 is 2.78 bits per heavy atom. The fourth-order valence-electron chi connectivity index (χ4n) is 2.51. The number of rotatable bonds is 7. The first kappa shape index (κ1) is 15.6. The van der Waals surface area contributed by atoms with Crippen molar-refractivity contribution in [2.75, 3.05) is 13.2 Å². The molecule has 0 radical (unpaired) electrons. The smallest absolute Gasteiger partial charge is 0.258 e. The molecule has 0 spiro atoms. The summed E-state index contributed by atoms with van der Waals surface area (Å²) < 4.78 is 23.8. The lowest BCUT2D eigenvalue weighted by Gasteiger charge is -2.26. The summed E-state index contributed by atoms with van der Waals surface area (Å²) in [6.45, 7) is -0.287. The van der Waals surface area contributed by atoms with Crippen LogP contribution in [0.2, 0.25) is 0 Å². The monoisotopic (exact) mass is 319 g/mol. The molecule has 1 aliphatic rings. The fraction of sp³-hybridized carbons (Fsp3) is 0.353. The summed E-state index contributed by atoms with van der Waals surface area (Å²) in [6.07, 6.45) is 3.27. The predicted octanol–water partition coefficient (Wildman–Crippen LogP) is 2.21. The van der Waals surface area contributed by atoms with E-state index in [1.807, 2.05) is 0 Å². The number of ether oxygens (including phenoxy) is 1. The number of aliphatic hydroxyl groups is 1. The van der Waals surface area contributed by atoms with Gasteiger partial charge in [0.15, 0.2) is 18.2 Å². The fourth-order valence-corrected chi connectivity index (χ4v) is 2.51. The van der Waals surface area contributed by atoms with E-state index in [-0.39, 0.29) is 24.8 Å². The Kier molecular flexibility index (Phi) is 4.34. The largest absolute Gasteiger partial charge is 0.481 e. The van der Waals surface area contributed by atoms with E-state index in [9.17, 15) is 14.3 Å². The molecule has 1 fully saturated rings. The number of para-hydroxylation sites is 1. The molecule has 0 saturated heterocycles. The van der Waals surface area contributed by atoms with Crippen LogP contribution in [0.5, 0.6) is 5.75 Å². The molecule has 1 aromatic heterocycles. The molecule has 0 aliphatic heterocycles. The van der Waals surface area contributed by atoms with E-state index in [2.05, 4.69) is 5.32 Å². The quantitative estimate of drug-likeness (QED) is 0.821. The standard InChI is InChI=1S/C17H18FNO4/c18-13-4-1-2-5-14(13)23-10-16(20)19-11-17(21,12-7-8-12)15-6-3-9-22-15/h1-6,9,12,21H,7-8,10-11H2,(H,19,20)/t17-/m1/s1. The average Bonchev–Trinajstić information content (AvgIpc) is 3.27. The molecule has 1 aliphatic carbocycles. The molecule has 23 heavy (non-hydrogen) atoms. The molecular weight excluding hydrogens is 301 g/mol. The molecule has 1 aromatic carbocycles. The van der Waals surface area contributed by atoms with Gasteiger partial charge in [0.05, 0.1) is 12.8 Å². The zero-order valence-electron chi connectivity index (χ0n) is 12.5. The van der Waals surface area contributed by atoms with Crippen LogP contribution in [0.3, 0.4) is 0 Å². The van der Waals surface area contributed by atoms with Crippen LogP contribution in [0.15, 0.2) is 47.1 Å². The molecule has 0 bridgehead atoms. The van der Waals surface area contributed by atoms with E-state index >= 15 is 0 Å². The van der Waals surface area contributed by atoms with Crippen molar-refractivity contribution in [3.8, 4) is 5.75 Å². The van der Waals surface area contributed by atoms with Gasteiger partial charge in [0, 0.05) is 0 Å². The summed E-state index contributed by atoms with van der Waals surface area (Å²) in [4.78, 5) is 11.9. The van der Waals surface area contributed by atoms with E-state index < -0.39 is 17.3 Å². The van der Waals surface area contributed by atoms with Crippen LogP contribution in [-0.4, -0.2) is 24.2 Å². The van der Waals surface area contributed by atoms with Crippen LogP contribution in [-0.2, 0) is 10.4 Å². The van der Waals surface area contributed by atoms with Gasteiger partial charge in [0.2, 0.25) is 0 Å². The van der Waals surface area contributed by atoms with Crippen molar-refractivity contribution in [2.45, 2.75) is 18.4 Å². The third-order valence-electron chi connectivity index (χ3n) is 3.95. The highest BCUT2D eigenvalue weighted by atomic mass is 19.1. The number of carbonyl (C=O) groups is 1. The lowest BCUT2D eigenvalue weighted by Crippen LogP contribution is -2.43. The van der Waals surface area contributed by atoms with Crippen LogP contribution < -0.4 is 10.1 Å². The SMILES string of the molecule is O=C(COc1ccccc1F)NC[C@](O)(c1ccco1)C1CC1. The van der Waals surface area contributed by atoms with E-state index in [1.54, 1.807) is 24.3 Å². The number of benzene rings is 1. The van der Waals surface area contributed by atoms with E-state index in [0.717, 1.165) is 12.8 Å². The minimum atomic E-state index is -1.21. The Hall–Kier alpha value is -2.34. The topological polar surface area (TPSA) is 71.7 Å². The van der Waals surface area contributed by atoms with Gasteiger partial charge in [-0.3, -0.25) is 4.79 Å². The van der Waals surface area contributed by atoms with Crippen molar-refractivity contribution in [2.24, 2.45) is 5.92 Å². The second kappa shape index (κ2) is 6.42. The van der Waals surface area contributed by atoms with E-state index in [0.29, 0.717) is 5.76 Å². The summed E-state index contributed by atoms with van der Waals surface area (Å²) in [5.41, 5.74) is -1.21. The lowest BCUT2D eigenvalue weighted by molar-refractivity contribution is -0.125. The van der Waals surface area contributed by atoms with Crippen LogP contribution in [0.4, 0.5) is 4.39 Å². The maximum Gasteiger partial charge on any atom is 0.258 e. The lowest BCUT2D eigenvalue weighted by atomic mass is 9.94. The normalized spacial score (nSPS) is 16.6. The van der Waals surface area contributed by atoms with Gasteiger partial charge in [-0.25, -0.2) is 4.39 Å². The Bertz CT molecular complexity index is 669. The van der Waals surface area contributed by atoms with Crippen molar-refractivity contribution < 1.29 is 23.4 Å². The maximum absolute atomic E-state index is 13.4. The van der Waals surface area contributed by atoms with E-state index in [4.69, 9.17) is 9.15 Å². The van der Waals surface area contributed by atoms with Crippen molar-refractivity contribution in [3.63, 3.8) is 0 Å². The van der Waals surface area contributed by atoms with Crippen molar-refractivity contribution in [3.05, 3.63) is 54.2 Å². The number of hydrogen-bond acceptors (Lipinski definition) is 4. The summed E-state index contributed by atoms with van der Waals surface area (Å²) >= 11 is 0. The zero-order chi connectivity index (χ0) is 16.3. The van der Waals surface area contributed by atoms with Crippen molar-refractivity contribution in [1.29, 1.82) is 0 Å². The van der Waals surface area contributed by atoms with Crippen molar-refractivity contribution in [1.82, 2.24) is 5.32 Å². The summed E-state index contributed by atoms with van der Waals surface area (Å²) in [6, 6.07) is 9.27. The maximum atomic E-state index is 13.4.